The number of ether oxygens (including phenoxy) is 1. The summed E-state index contributed by atoms with van der Waals surface area (Å²) in [5.74, 6) is -1.18. The number of thioether (sulfide) groups is 1. The third-order valence-electron chi connectivity index (χ3n) is 6.08. The first-order valence-electron chi connectivity index (χ1n) is 11.4. The van der Waals surface area contributed by atoms with Crippen LogP contribution in [-0.4, -0.2) is 39.4 Å². The number of rotatable bonds is 9. The van der Waals surface area contributed by atoms with E-state index in [1.807, 2.05) is 30.3 Å². The van der Waals surface area contributed by atoms with Gasteiger partial charge in [0, 0.05) is 18.9 Å². The fraction of sp³-hybridized carbons (Fsp3) is 0.560. The van der Waals surface area contributed by atoms with E-state index in [1.54, 1.807) is 4.90 Å². The molecule has 174 valence electrons. The van der Waals surface area contributed by atoms with E-state index in [0.717, 1.165) is 37.7 Å². The molecule has 3 rings (SSSR count). The molecule has 1 saturated heterocycles. The Labute approximate surface area is 222 Å². The van der Waals surface area contributed by atoms with Gasteiger partial charge in [-0.3, -0.25) is 9.59 Å². The smallest absolute Gasteiger partial charge is 0.550 e. The van der Waals surface area contributed by atoms with E-state index in [2.05, 4.69) is 19.9 Å². The Kier molecular flexibility index (Phi) is 11.0. The second kappa shape index (κ2) is 13.0. The molecule has 6 nitrogen and oxygen atoms in total. The maximum absolute atomic E-state index is 13.1. The van der Waals surface area contributed by atoms with Crippen LogP contribution in [0, 0.1) is 5.92 Å². The van der Waals surface area contributed by atoms with Gasteiger partial charge in [-0.15, -0.1) is 11.8 Å². The van der Waals surface area contributed by atoms with Crippen LogP contribution in [0.15, 0.2) is 42.0 Å². The maximum atomic E-state index is 13.1. The van der Waals surface area contributed by atoms with Gasteiger partial charge in [-0.05, 0) is 43.6 Å². The Morgan fingerprint density at radius 2 is 1.91 bits per heavy atom. The van der Waals surface area contributed by atoms with Crippen molar-refractivity contribution in [2.45, 2.75) is 75.5 Å². The molecular formula is C25H32NNaO5S. The maximum Gasteiger partial charge on any atom is 1.00 e. The van der Waals surface area contributed by atoms with E-state index in [4.69, 9.17) is 4.74 Å². The van der Waals surface area contributed by atoms with E-state index >= 15 is 0 Å². The zero-order valence-corrected chi connectivity index (χ0v) is 22.7. The van der Waals surface area contributed by atoms with Crippen molar-refractivity contribution in [3.05, 3.63) is 47.5 Å². The third kappa shape index (κ3) is 7.88. The molecule has 0 aromatic heterocycles. The van der Waals surface area contributed by atoms with Gasteiger partial charge in [0.15, 0.2) is 0 Å². The van der Waals surface area contributed by atoms with E-state index in [0.29, 0.717) is 5.92 Å². The van der Waals surface area contributed by atoms with E-state index in [-0.39, 0.29) is 67.4 Å². The van der Waals surface area contributed by atoms with Gasteiger partial charge in [-0.1, -0.05) is 55.8 Å². The Morgan fingerprint density at radius 1 is 1.24 bits per heavy atom. The number of allylic oxidation sites excluding steroid dienone is 2. The number of benzene rings is 1. The SMILES string of the molecule is CC(C)CC=C1CCC2(CC1)SC(CC(=O)[O-])C(=O)N2CCC(=O)OCc1ccccc1.[Na+]. The number of aliphatic carboxylic acids is 1. The summed E-state index contributed by atoms with van der Waals surface area (Å²) in [6.07, 6.45) is 6.47. The molecule has 1 aliphatic carbocycles. The fourth-order valence-electron chi connectivity index (χ4n) is 4.32. The van der Waals surface area contributed by atoms with Gasteiger partial charge < -0.3 is 19.5 Å². The van der Waals surface area contributed by atoms with Gasteiger partial charge in [-0.2, -0.15) is 0 Å². The van der Waals surface area contributed by atoms with Crippen LogP contribution in [-0.2, 0) is 25.7 Å². The summed E-state index contributed by atoms with van der Waals surface area (Å²) in [4.78, 5) is 37.9. The van der Waals surface area contributed by atoms with E-state index in [1.165, 1.54) is 17.3 Å². The van der Waals surface area contributed by atoms with Crippen LogP contribution >= 0.6 is 11.8 Å². The fourth-order valence-corrected chi connectivity index (χ4v) is 6.04. The second-order valence-corrected chi connectivity index (χ2v) is 10.6. The number of carboxylic acid groups (broad SMARTS) is 1. The van der Waals surface area contributed by atoms with Crippen molar-refractivity contribution in [3.63, 3.8) is 0 Å². The van der Waals surface area contributed by atoms with Crippen LogP contribution in [0.25, 0.3) is 0 Å². The zero-order chi connectivity index (χ0) is 23.1. The first kappa shape index (κ1) is 28.0. The predicted molar refractivity (Wildman–Crippen MR) is 122 cm³/mol. The molecule has 0 bridgehead atoms. The van der Waals surface area contributed by atoms with Gasteiger partial charge in [0.2, 0.25) is 5.91 Å². The molecule has 1 aromatic carbocycles. The van der Waals surface area contributed by atoms with Crippen molar-refractivity contribution < 1.29 is 53.8 Å². The third-order valence-corrected chi connectivity index (χ3v) is 7.80. The van der Waals surface area contributed by atoms with Crippen LogP contribution < -0.4 is 34.7 Å². The number of nitrogens with zero attached hydrogens (tertiary/aromatic N) is 1. The molecule has 0 radical (unpaired) electrons. The molecule has 2 aliphatic rings. The summed E-state index contributed by atoms with van der Waals surface area (Å²) in [5, 5.41) is 10.5. The number of hydrogen-bond donors (Lipinski definition) is 0. The molecule has 2 fully saturated rings. The molecule has 1 aliphatic heterocycles. The molecule has 0 N–H and O–H groups in total. The molecule has 1 heterocycles. The summed E-state index contributed by atoms with van der Waals surface area (Å²) in [5.41, 5.74) is 2.31. The Hall–Kier alpha value is -1.28. The number of carbonyl (C=O) groups is 3. The standard InChI is InChI=1S/C25H33NO5S.Na/c1-18(2)8-9-19-10-13-25(14-11-19)26(24(30)21(32-25)16-22(27)28)15-12-23(29)31-17-20-6-4-3-5-7-20;/h3-7,9,18,21H,8,10-17H2,1-2H3,(H,27,28);/q;+1/p-1. The van der Waals surface area contributed by atoms with Crippen LogP contribution in [0.1, 0.15) is 64.4 Å². The van der Waals surface area contributed by atoms with Gasteiger partial charge >= 0.3 is 35.5 Å². The largest absolute Gasteiger partial charge is 1.00 e. The Morgan fingerprint density at radius 3 is 2.52 bits per heavy atom. The average Bonchev–Trinajstić information content (AvgIpc) is 3.01. The summed E-state index contributed by atoms with van der Waals surface area (Å²) < 4.78 is 5.36. The molecule has 1 spiro atoms. The van der Waals surface area contributed by atoms with Crippen molar-refractivity contribution in [2.75, 3.05) is 6.54 Å². The van der Waals surface area contributed by atoms with Gasteiger partial charge in [-0.25, -0.2) is 0 Å². The zero-order valence-electron chi connectivity index (χ0n) is 19.9. The van der Waals surface area contributed by atoms with E-state index < -0.39 is 16.1 Å². The number of hydrogen-bond acceptors (Lipinski definition) is 6. The minimum Gasteiger partial charge on any atom is -0.550 e. The van der Waals surface area contributed by atoms with Gasteiger partial charge in [0.25, 0.3) is 0 Å². The Bertz CT molecular complexity index is 848. The molecule has 1 saturated carbocycles. The summed E-state index contributed by atoms with van der Waals surface area (Å²) in [6, 6.07) is 9.45. The topological polar surface area (TPSA) is 86.7 Å². The number of amides is 1. The summed E-state index contributed by atoms with van der Waals surface area (Å²) in [6.45, 7) is 4.82. The molecule has 8 heteroatoms. The molecule has 1 atom stereocenters. The molecule has 1 amide bonds. The van der Waals surface area contributed by atoms with E-state index in [9.17, 15) is 19.5 Å². The number of carboxylic acids is 1. The minimum atomic E-state index is -1.22. The van der Waals surface area contributed by atoms with Crippen LogP contribution in [0.2, 0.25) is 0 Å². The van der Waals surface area contributed by atoms with Crippen molar-refractivity contribution in [3.8, 4) is 0 Å². The number of carbonyl (C=O) groups excluding carboxylic acids is 3. The first-order valence-corrected chi connectivity index (χ1v) is 12.2. The van der Waals surface area contributed by atoms with Crippen LogP contribution in [0.5, 0.6) is 0 Å². The van der Waals surface area contributed by atoms with Gasteiger partial charge in [0.1, 0.15) is 6.61 Å². The van der Waals surface area contributed by atoms with Crippen molar-refractivity contribution in [1.82, 2.24) is 4.90 Å². The van der Waals surface area contributed by atoms with Crippen LogP contribution in [0.4, 0.5) is 0 Å². The van der Waals surface area contributed by atoms with Gasteiger partial charge in [0.05, 0.1) is 16.5 Å². The quantitative estimate of drug-likeness (QED) is 0.289. The monoisotopic (exact) mass is 481 g/mol. The first-order chi connectivity index (χ1) is 15.3. The Balaban J connectivity index is 0.00000385. The predicted octanol–water partition coefficient (Wildman–Crippen LogP) is 0.451. The average molecular weight is 482 g/mol. The number of esters is 1. The molecule has 33 heavy (non-hydrogen) atoms. The van der Waals surface area contributed by atoms with Crippen molar-refractivity contribution >= 4 is 29.6 Å². The summed E-state index contributed by atoms with van der Waals surface area (Å²) >= 11 is 1.44. The minimum absolute atomic E-state index is 0. The molecular weight excluding hydrogens is 449 g/mol. The molecule has 1 unspecified atom stereocenters. The van der Waals surface area contributed by atoms with Crippen molar-refractivity contribution in [2.24, 2.45) is 5.92 Å². The second-order valence-electron chi connectivity index (χ2n) is 9.01. The normalized spacial score (nSPS) is 22.4. The van der Waals surface area contributed by atoms with Crippen LogP contribution in [0.3, 0.4) is 0 Å². The van der Waals surface area contributed by atoms with Crippen molar-refractivity contribution in [1.29, 1.82) is 0 Å². The summed E-state index contributed by atoms with van der Waals surface area (Å²) in [7, 11) is 0. The molecule has 1 aromatic rings.